The first kappa shape index (κ1) is 16.9. The van der Waals surface area contributed by atoms with Crippen LogP contribution in [0, 0.1) is 6.92 Å². The monoisotopic (exact) mass is 312 g/mol. The second kappa shape index (κ2) is 8.22. The third-order valence-corrected chi connectivity index (χ3v) is 3.67. The quantitative estimate of drug-likeness (QED) is 0.856. The van der Waals surface area contributed by atoms with Gasteiger partial charge in [0.15, 0.2) is 0 Å². The van der Waals surface area contributed by atoms with Crippen LogP contribution in [-0.2, 0) is 6.61 Å². The lowest BCUT2D eigenvalue weighted by Gasteiger charge is -2.20. The standard InChI is InChI=1S/C19H24N2O2/c1-4-21(5-2)19(22)20-17-12-11-15(3)13-18(17)23-14-16-9-7-6-8-10-16/h6-13H,4-5,14H2,1-3H3,(H,20,22). The van der Waals surface area contributed by atoms with Gasteiger partial charge in [0, 0.05) is 13.1 Å². The van der Waals surface area contributed by atoms with Gasteiger partial charge in [-0.25, -0.2) is 4.79 Å². The summed E-state index contributed by atoms with van der Waals surface area (Å²) in [4.78, 5) is 14.0. The van der Waals surface area contributed by atoms with Crippen molar-refractivity contribution >= 4 is 11.7 Å². The molecule has 0 aliphatic rings. The highest BCUT2D eigenvalue weighted by Gasteiger charge is 2.13. The SMILES string of the molecule is CCN(CC)C(=O)Nc1ccc(C)cc1OCc1ccccc1. The smallest absolute Gasteiger partial charge is 0.321 e. The fraction of sp³-hybridized carbons (Fsp3) is 0.316. The molecule has 23 heavy (non-hydrogen) atoms. The Kier molecular flexibility index (Phi) is 6.03. The molecule has 0 saturated heterocycles. The minimum Gasteiger partial charge on any atom is -0.487 e. The number of amides is 2. The average molecular weight is 312 g/mol. The van der Waals surface area contributed by atoms with Crippen molar-refractivity contribution < 1.29 is 9.53 Å². The van der Waals surface area contributed by atoms with Crippen LogP contribution in [0.5, 0.6) is 5.75 Å². The number of nitrogens with zero attached hydrogens (tertiary/aromatic N) is 1. The van der Waals surface area contributed by atoms with E-state index in [1.807, 2.05) is 69.3 Å². The summed E-state index contributed by atoms with van der Waals surface area (Å²) in [5.74, 6) is 0.689. The van der Waals surface area contributed by atoms with Crippen LogP contribution in [-0.4, -0.2) is 24.0 Å². The second-order valence-corrected chi connectivity index (χ2v) is 5.38. The Morgan fingerprint density at radius 2 is 1.78 bits per heavy atom. The summed E-state index contributed by atoms with van der Waals surface area (Å²) in [5, 5.41) is 2.94. The summed E-state index contributed by atoms with van der Waals surface area (Å²) >= 11 is 0. The number of urea groups is 1. The van der Waals surface area contributed by atoms with E-state index in [9.17, 15) is 4.79 Å². The van der Waals surface area contributed by atoms with E-state index in [0.29, 0.717) is 31.1 Å². The van der Waals surface area contributed by atoms with Crippen LogP contribution < -0.4 is 10.1 Å². The summed E-state index contributed by atoms with van der Waals surface area (Å²) in [6.07, 6.45) is 0. The van der Waals surface area contributed by atoms with Gasteiger partial charge in [0.2, 0.25) is 0 Å². The van der Waals surface area contributed by atoms with Gasteiger partial charge in [0.25, 0.3) is 0 Å². The zero-order chi connectivity index (χ0) is 16.7. The topological polar surface area (TPSA) is 41.6 Å². The van der Waals surface area contributed by atoms with Crippen LogP contribution in [0.25, 0.3) is 0 Å². The zero-order valence-corrected chi connectivity index (χ0v) is 14.0. The number of rotatable bonds is 6. The maximum absolute atomic E-state index is 12.2. The molecule has 0 bridgehead atoms. The molecule has 0 aliphatic carbocycles. The lowest BCUT2D eigenvalue weighted by molar-refractivity contribution is 0.217. The number of anilines is 1. The minimum absolute atomic E-state index is 0.108. The van der Waals surface area contributed by atoms with E-state index >= 15 is 0 Å². The molecule has 2 amide bonds. The molecule has 2 rings (SSSR count). The van der Waals surface area contributed by atoms with Crippen molar-refractivity contribution in [1.82, 2.24) is 4.90 Å². The van der Waals surface area contributed by atoms with E-state index in [2.05, 4.69) is 5.32 Å². The molecule has 2 aromatic carbocycles. The Morgan fingerprint density at radius 1 is 1.09 bits per heavy atom. The third kappa shape index (κ3) is 4.74. The van der Waals surface area contributed by atoms with E-state index in [0.717, 1.165) is 11.1 Å². The molecule has 4 nitrogen and oxygen atoms in total. The van der Waals surface area contributed by atoms with Crippen molar-refractivity contribution in [3.8, 4) is 5.75 Å². The Morgan fingerprint density at radius 3 is 2.43 bits per heavy atom. The number of carbonyl (C=O) groups excluding carboxylic acids is 1. The molecule has 0 radical (unpaired) electrons. The first-order valence-corrected chi connectivity index (χ1v) is 7.97. The van der Waals surface area contributed by atoms with Crippen LogP contribution in [0.2, 0.25) is 0 Å². The summed E-state index contributed by atoms with van der Waals surface area (Å²) in [5.41, 5.74) is 2.88. The zero-order valence-electron chi connectivity index (χ0n) is 14.0. The molecule has 0 spiro atoms. The number of aryl methyl sites for hydroxylation is 1. The molecular weight excluding hydrogens is 288 g/mol. The average Bonchev–Trinajstić information content (AvgIpc) is 2.57. The molecule has 0 atom stereocenters. The van der Waals surface area contributed by atoms with Crippen molar-refractivity contribution in [2.24, 2.45) is 0 Å². The van der Waals surface area contributed by atoms with Crippen molar-refractivity contribution in [3.63, 3.8) is 0 Å². The van der Waals surface area contributed by atoms with E-state index in [-0.39, 0.29) is 6.03 Å². The molecule has 0 saturated carbocycles. The number of hydrogen-bond acceptors (Lipinski definition) is 2. The minimum atomic E-state index is -0.108. The summed E-state index contributed by atoms with van der Waals surface area (Å²) < 4.78 is 5.92. The molecule has 0 unspecified atom stereocenters. The highest BCUT2D eigenvalue weighted by molar-refractivity contribution is 5.91. The van der Waals surface area contributed by atoms with Crippen LogP contribution in [0.3, 0.4) is 0 Å². The number of carbonyl (C=O) groups is 1. The predicted molar refractivity (Wildman–Crippen MR) is 93.9 cm³/mol. The third-order valence-electron chi connectivity index (χ3n) is 3.67. The van der Waals surface area contributed by atoms with Crippen molar-refractivity contribution in [2.75, 3.05) is 18.4 Å². The van der Waals surface area contributed by atoms with E-state index in [1.165, 1.54) is 0 Å². The summed E-state index contributed by atoms with van der Waals surface area (Å²) in [7, 11) is 0. The Hall–Kier alpha value is -2.49. The maximum Gasteiger partial charge on any atom is 0.321 e. The van der Waals surface area contributed by atoms with Gasteiger partial charge >= 0.3 is 6.03 Å². The fourth-order valence-electron chi connectivity index (χ4n) is 2.29. The number of benzene rings is 2. The molecule has 2 aromatic rings. The van der Waals surface area contributed by atoms with Gasteiger partial charge in [-0.05, 0) is 44.0 Å². The first-order chi connectivity index (χ1) is 11.1. The number of ether oxygens (including phenoxy) is 1. The Bertz CT molecular complexity index is 637. The molecule has 4 heteroatoms. The lowest BCUT2D eigenvalue weighted by Crippen LogP contribution is -2.34. The van der Waals surface area contributed by atoms with E-state index in [4.69, 9.17) is 4.74 Å². The van der Waals surface area contributed by atoms with Gasteiger partial charge < -0.3 is 15.0 Å². The van der Waals surface area contributed by atoms with Crippen LogP contribution in [0.15, 0.2) is 48.5 Å². The molecule has 0 aromatic heterocycles. The summed E-state index contributed by atoms with van der Waals surface area (Å²) in [6, 6.07) is 15.7. The van der Waals surface area contributed by atoms with Gasteiger partial charge in [-0.3, -0.25) is 0 Å². The Balaban J connectivity index is 2.12. The molecular formula is C19H24N2O2. The molecule has 122 valence electrons. The fourth-order valence-corrected chi connectivity index (χ4v) is 2.29. The number of hydrogen-bond donors (Lipinski definition) is 1. The maximum atomic E-state index is 12.2. The van der Waals surface area contributed by atoms with Gasteiger partial charge in [-0.1, -0.05) is 36.4 Å². The summed E-state index contributed by atoms with van der Waals surface area (Å²) in [6.45, 7) is 7.75. The lowest BCUT2D eigenvalue weighted by atomic mass is 10.2. The molecule has 0 aliphatic heterocycles. The van der Waals surface area contributed by atoms with Crippen molar-refractivity contribution in [1.29, 1.82) is 0 Å². The van der Waals surface area contributed by atoms with E-state index < -0.39 is 0 Å². The van der Waals surface area contributed by atoms with Crippen molar-refractivity contribution in [3.05, 3.63) is 59.7 Å². The van der Waals surface area contributed by atoms with Crippen LogP contribution in [0.4, 0.5) is 10.5 Å². The number of nitrogens with one attached hydrogen (secondary N) is 1. The molecule has 1 N–H and O–H groups in total. The highest BCUT2D eigenvalue weighted by Crippen LogP contribution is 2.27. The van der Waals surface area contributed by atoms with Gasteiger partial charge in [-0.15, -0.1) is 0 Å². The van der Waals surface area contributed by atoms with Crippen LogP contribution >= 0.6 is 0 Å². The normalized spacial score (nSPS) is 10.2. The van der Waals surface area contributed by atoms with Crippen LogP contribution in [0.1, 0.15) is 25.0 Å². The van der Waals surface area contributed by atoms with E-state index in [1.54, 1.807) is 4.90 Å². The second-order valence-electron chi connectivity index (χ2n) is 5.38. The Labute approximate surface area is 138 Å². The predicted octanol–water partition coefficient (Wildman–Crippen LogP) is 4.45. The first-order valence-electron chi connectivity index (χ1n) is 7.97. The van der Waals surface area contributed by atoms with Gasteiger partial charge in [0.1, 0.15) is 12.4 Å². The molecule has 0 heterocycles. The highest BCUT2D eigenvalue weighted by atomic mass is 16.5. The largest absolute Gasteiger partial charge is 0.487 e. The van der Waals surface area contributed by atoms with Gasteiger partial charge in [-0.2, -0.15) is 0 Å². The van der Waals surface area contributed by atoms with Gasteiger partial charge in [0.05, 0.1) is 5.69 Å². The van der Waals surface area contributed by atoms with Crippen molar-refractivity contribution in [2.45, 2.75) is 27.4 Å². The molecule has 0 fully saturated rings.